The van der Waals surface area contributed by atoms with Gasteiger partial charge < -0.3 is 9.80 Å². The third-order valence-corrected chi connectivity index (χ3v) is 4.14. The van der Waals surface area contributed by atoms with Gasteiger partial charge in [0.25, 0.3) is 5.91 Å². The molecule has 1 aliphatic rings. The summed E-state index contributed by atoms with van der Waals surface area (Å²) < 4.78 is 3.74. The molecule has 0 aromatic carbocycles. The van der Waals surface area contributed by atoms with E-state index in [1.54, 1.807) is 6.20 Å². The average molecular weight is 289 g/mol. The average Bonchev–Trinajstić information content (AvgIpc) is 3.01. The van der Waals surface area contributed by atoms with Crippen LogP contribution in [0.3, 0.4) is 0 Å². The number of pyridine rings is 1. The number of aryl methyl sites for hydroxylation is 1. The van der Waals surface area contributed by atoms with E-state index in [2.05, 4.69) is 26.4 Å². The third kappa shape index (κ3) is 2.49. The van der Waals surface area contributed by atoms with E-state index in [-0.39, 0.29) is 5.91 Å². The zero-order valence-corrected chi connectivity index (χ0v) is 12.0. The van der Waals surface area contributed by atoms with Crippen LogP contribution in [0.1, 0.15) is 15.2 Å². The topological polar surface area (TPSA) is 62.2 Å². The van der Waals surface area contributed by atoms with Gasteiger partial charge in [0.05, 0.1) is 18.1 Å². The van der Waals surface area contributed by atoms with E-state index in [0.29, 0.717) is 18.0 Å². The van der Waals surface area contributed by atoms with Crippen molar-refractivity contribution in [3.63, 3.8) is 0 Å². The molecular weight excluding hydrogens is 274 g/mol. The second-order valence-electron chi connectivity index (χ2n) is 4.72. The van der Waals surface area contributed by atoms with Gasteiger partial charge in [-0.05, 0) is 30.1 Å². The number of nitrogens with zero attached hydrogens (tertiary/aromatic N) is 5. The molecule has 1 aliphatic heterocycles. The molecule has 1 saturated heterocycles. The minimum absolute atomic E-state index is 0.0301. The molecule has 20 heavy (non-hydrogen) atoms. The smallest absolute Gasteiger partial charge is 0.267 e. The van der Waals surface area contributed by atoms with E-state index >= 15 is 0 Å². The fourth-order valence-electron chi connectivity index (χ4n) is 2.35. The second-order valence-corrected chi connectivity index (χ2v) is 5.51. The summed E-state index contributed by atoms with van der Waals surface area (Å²) in [6, 6.07) is 2.01. The van der Waals surface area contributed by atoms with Crippen molar-refractivity contribution in [2.75, 3.05) is 31.1 Å². The molecule has 7 heteroatoms. The Morgan fingerprint density at radius 1 is 1.25 bits per heavy atom. The molecule has 0 unspecified atom stereocenters. The maximum atomic E-state index is 12.2. The minimum atomic E-state index is 0.0301. The monoisotopic (exact) mass is 289 g/mol. The van der Waals surface area contributed by atoms with E-state index < -0.39 is 0 Å². The maximum Gasteiger partial charge on any atom is 0.267 e. The van der Waals surface area contributed by atoms with Crippen LogP contribution in [0.25, 0.3) is 0 Å². The lowest BCUT2D eigenvalue weighted by Gasteiger charge is -2.36. The zero-order valence-electron chi connectivity index (χ0n) is 11.2. The second kappa shape index (κ2) is 5.54. The highest BCUT2D eigenvalue weighted by atomic mass is 32.1. The molecule has 1 amide bonds. The van der Waals surface area contributed by atoms with Crippen molar-refractivity contribution in [1.82, 2.24) is 19.5 Å². The summed E-state index contributed by atoms with van der Waals surface area (Å²) in [4.78, 5) is 21.1. The van der Waals surface area contributed by atoms with Crippen LogP contribution in [0.2, 0.25) is 0 Å². The first-order valence-electron chi connectivity index (χ1n) is 6.48. The molecule has 0 bridgehead atoms. The molecule has 0 saturated carbocycles. The Morgan fingerprint density at radius 2 is 2.05 bits per heavy atom. The van der Waals surface area contributed by atoms with Crippen LogP contribution in [0, 0.1) is 6.92 Å². The number of carbonyl (C=O) groups is 1. The Bertz CT molecular complexity index is 593. The Labute approximate surface area is 121 Å². The van der Waals surface area contributed by atoms with Gasteiger partial charge in [0.15, 0.2) is 0 Å². The van der Waals surface area contributed by atoms with Gasteiger partial charge in [0.1, 0.15) is 4.88 Å². The lowest BCUT2D eigenvalue weighted by atomic mass is 10.2. The van der Waals surface area contributed by atoms with Crippen molar-refractivity contribution in [2.24, 2.45) is 0 Å². The van der Waals surface area contributed by atoms with Crippen LogP contribution < -0.4 is 4.90 Å². The predicted octanol–water partition coefficient (Wildman–Crippen LogP) is 1.20. The molecule has 1 fully saturated rings. The lowest BCUT2D eigenvalue weighted by molar-refractivity contribution is 0.0751. The number of carbonyl (C=O) groups excluding carboxylic acids is 1. The number of hydrogen-bond acceptors (Lipinski definition) is 6. The van der Waals surface area contributed by atoms with Crippen LogP contribution in [0.5, 0.6) is 0 Å². The van der Waals surface area contributed by atoms with E-state index in [9.17, 15) is 4.79 Å². The van der Waals surface area contributed by atoms with Gasteiger partial charge in [0, 0.05) is 32.4 Å². The van der Waals surface area contributed by atoms with Crippen molar-refractivity contribution in [2.45, 2.75) is 6.92 Å². The normalized spacial score (nSPS) is 15.4. The van der Waals surface area contributed by atoms with Crippen LogP contribution in [0.15, 0.2) is 24.7 Å². The molecule has 2 aromatic rings. The Kier molecular flexibility index (Phi) is 3.60. The standard InChI is InChI=1S/C13H15N5OS/c1-10-2-3-14-8-11(10)17-4-6-18(7-5-17)13(19)12-9-15-16-20-12/h2-3,8-9H,4-7H2,1H3. The van der Waals surface area contributed by atoms with Crippen LogP contribution in [0.4, 0.5) is 5.69 Å². The first-order valence-corrected chi connectivity index (χ1v) is 7.25. The van der Waals surface area contributed by atoms with E-state index in [1.807, 2.05) is 17.2 Å². The SMILES string of the molecule is Cc1ccncc1N1CCN(C(=O)c2cnns2)CC1. The van der Waals surface area contributed by atoms with Gasteiger partial charge in [-0.3, -0.25) is 9.78 Å². The molecule has 0 aliphatic carbocycles. The number of rotatable bonds is 2. The maximum absolute atomic E-state index is 12.2. The van der Waals surface area contributed by atoms with Crippen LogP contribution in [-0.2, 0) is 0 Å². The summed E-state index contributed by atoms with van der Waals surface area (Å²) >= 11 is 1.15. The molecule has 0 radical (unpaired) electrons. The van der Waals surface area contributed by atoms with E-state index in [1.165, 1.54) is 11.8 Å². The fraction of sp³-hybridized carbons (Fsp3) is 0.385. The van der Waals surface area contributed by atoms with Crippen molar-refractivity contribution < 1.29 is 4.79 Å². The number of aromatic nitrogens is 3. The van der Waals surface area contributed by atoms with E-state index in [0.717, 1.165) is 30.3 Å². The van der Waals surface area contributed by atoms with Gasteiger partial charge in [-0.15, -0.1) is 5.10 Å². The van der Waals surface area contributed by atoms with Gasteiger partial charge in [-0.2, -0.15) is 0 Å². The molecule has 2 aromatic heterocycles. The summed E-state index contributed by atoms with van der Waals surface area (Å²) in [6.07, 6.45) is 5.22. The van der Waals surface area contributed by atoms with Gasteiger partial charge in [-0.1, -0.05) is 4.49 Å². The van der Waals surface area contributed by atoms with Gasteiger partial charge in [-0.25, -0.2) is 0 Å². The lowest BCUT2D eigenvalue weighted by Crippen LogP contribution is -2.48. The number of amides is 1. The quantitative estimate of drug-likeness (QED) is 0.831. The summed E-state index contributed by atoms with van der Waals surface area (Å²) in [6.45, 7) is 5.16. The molecule has 0 atom stereocenters. The summed E-state index contributed by atoms with van der Waals surface area (Å²) in [5.74, 6) is 0.0301. The first-order chi connectivity index (χ1) is 9.75. The molecular formula is C13H15N5OS. The number of anilines is 1. The third-order valence-electron chi connectivity index (χ3n) is 3.49. The molecule has 3 rings (SSSR count). The first kappa shape index (κ1) is 13.0. The zero-order chi connectivity index (χ0) is 13.9. The highest BCUT2D eigenvalue weighted by Gasteiger charge is 2.24. The molecule has 104 valence electrons. The number of piperazine rings is 1. The number of hydrogen-bond donors (Lipinski definition) is 0. The predicted molar refractivity (Wildman–Crippen MR) is 77.0 cm³/mol. The van der Waals surface area contributed by atoms with Crippen molar-refractivity contribution in [3.05, 3.63) is 35.1 Å². The molecule has 3 heterocycles. The van der Waals surface area contributed by atoms with Crippen LogP contribution in [-0.4, -0.2) is 51.6 Å². The molecule has 0 spiro atoms. The van der Waals surface area contributed by atoms with Crippen molar-refractivity contribution in [3.8, 4) is 0 Å². The summed E-state index contributed by atoms with van der Waals surface area (Å²) in [5.41, 5.74) is 2.37. The molecule has 0 N–H and O–H groups in total. The van der Waals surface area contributed by atoms with Crippen LogP contribution >= 0.6 is 11.5 Å². The highest BCUT2D eigenvalue weighted by molar-refractivity contribution is 7.07. The summed E-state index contributed by atoms with van der Waals surface area (Å²) in [7, 11) is 0. The minimum Gasteiger partial charge on any atom is -0.367 e. The van der Waals surface area contributed by atoms with Crippen molar-refractivity contribution >= 4 is 23.1 Å². The Hall–Kier alpha value is -2.02. The van der Waals surface area contributed by atoms with E-state index in [4.69, 9.17) is 0 Å². The Morgan fingerprint density at radius 3 is 2.70 bits per heavy atom. The summed E-state index contributed by atoms with van der Waals surface area (Å²) in [5, 5.41) is 3.71. The Balaban J connectivity index is 1.65. The van der Waals surface area contributed by atoms with Crippen molar-refractivity contribution in [1.29, 1.82) is 0 Å². The molecule has 6 nitrogen and oxygen atoms in total. The highest BCUT2D eigenvalue weighted by Crippen LogP contribution is 2.20. The van der Waals surface area contributed by atoms with Gasteiger partial charge in [0.2, 0.25) is 0 Å². The largest absolute Gasteiger partial charge is 0.367 e. The fourth-order valence-corrected chi connectivity index (χ4v) is 2.84. The van der Waals surface area contributed by atoms with Gasteiger partial charge >= 0.3 is 0 Å².